The summed E-state index contributed by atoms with van der Waals surface area (Å²) in [6.45, 7) is 1.66. The number of hydrogen-bond donors (Lipinski definition) is 2. The Bertz CT molecular complexity index is 446. The number of carbonyl (C=O) groups is 1. The third-order valence-corrected chi connectivity index (χ3v) is 3.93. The van der Waals surface area contributed by atoms with Crippen LogP contribution in [0, 0.1) is 0 Å². The van der Waals surface area contributed by atoms with Crippen molar-refractivity contribution in [2.45, 2.75) is 11.7 Å². The quantitative estimate of drug-likeness (QED) is 0.627. The fraction of sp³-hybridized carbons (Fsp3) is 0.462. The average Bonchev–Trinajstić information content (AvgIpc) is 2.37. The second-order valence-electron chi connectivity index (χ2n) is 4.49. The van der Waals surface area contributed by atoms with Crippen LogP contribution in [-0.4, -0.2) is 52.2 Å². The number of ether oxygens (including phenoxy) is 1. The zero-order valence-electron chi connectivity index (χ0n) is 10.7. The number of β-amino-alcohol motifs (C(OH)–C–C–N with tert-alkyl or cyclic N) is 2. The highest BCUT2D eigenvalue weighted by molar-refractivity contribution is 8.00. The van der Waals surface area contributed by atoms with Crippen LogP contribution in [0.2, 0.25) is 0 Å². The Hall–Kier alpha value is -1.08. The minimum atomic E-state index is -1.66. The van der Waals surface area contributed by atoms with E-state index in [1.807, 2.05) is 17.0 Å². The SMILES string of the molecule is COC(=O)c1ccc(CN2CCSC(O)(O)C2)cc1. The number of hydrogen-bond acceptors (Lipinski definition) is 6. The predicted molar refractivity (Wildman–Crippen MR) is 72.7 cm³/mol. The largest absolute Gasteiger partial charge is 0.465 e. The molecule has 104 valence electrons. The van der Waals surface area contributed by atoms with E-state index in [9.17, 15) is 15.0 Å². The molecule has 2 N–H and O–H groups in total. The lowest BCUT2D eigenvalue weighted by Gasteiger charge is -2.34. The Labute approximate surface area is 116 Å². The number of nitrogens with zero attached hydrogens (tertiary/aromatic N) is 1. The molecule has 1 aromatic rings. The number of benzene rings is 1. The van der Waals surface area contributed by atoms with Gasteiger partial charge in [-0.3, -0.25) is 4.90 Å². The summed E-state index contributed by atoms with van der Waals surface area (Å²) in [4.78, 5) is 13.3. The number of methoxy groups -OCH3 is 1. The maximum absolute atomic E-state index is 11.3. The van der Waals surface area contributed by atoms with E-state index in [1.165, 1.54) is 7.11 Å². The Kier molecular flexibility index (Phi) is 4.46. The van der Waals surface area contributed by atoms with E-state index in [1.54, 1.807) is 12.1 Å². The van der Waals surface area contributed by atoms with E-state index in [2.05, 4.69) is 4.74 Å². The first-order valence-corrected chi connectivity index (χ1v) is 6.97. The van der Waals surface area contributed by atoms with E-state index >= 15 is 0 Å². The number of carbonyl (C=O) groups excluding carboxylic acids is 1. The van der Waals surface area contributed by atoms with E-state index < -0.39 is 5.12 Å². The van der Waals surface area contributed by atoms with Crippen molar-refractivity contribution in [3.8, 4) is 0 Å². The monoisotopic (exact) mass is 283 g/mol. The number of esters is 1. The molecule has 1 fully saturated rings. The molecule has 0 radical (unpaired) electrons. The van der Waals surface area contributed by atoms with Crippen LogP contribution in [0.1, 0.15) is 15.9 Å². The lowest BCUT2D eigenvalue weighted by Crippen LogP contribution is -2.45. The van der Waals surface area contributed by atoms with Gasteiger partial charge in [-0.2, -0.15) is 0 Å². The molecule has 0 aliphatic carbocycles. The van der Waals surface area contributed by atoms with Crippen LogP contribution in [0.25, 0.3) is 0 Å². The molecule has 0 atom stereocenters. The molecule has 0 spiro atoms. The minimum absolute atomic E-state index is 0.219. The Morgan fingerprint density at radius 2 is 2.11 bits per heavy atom. The molecule has 19 heavy (non-hydrogen) atoms. The standard InChI is InChI=1S/C13H17NO4S/c1-18-12(15)11-4-2-10(3-5-11)8-14-6-7-19-13(16,17)9-14/h2-5,16-17H,6-9H2,1H3. The number of rotatable bonds is 3. The molecule has 0 aromatic heterocycles. The molecule has 0 bridgehead atoms. The third kappa shape index (κ3) is 3.94. The lowest BCUT2D eigenvalue weighted by molar-refractivity contribution is -0.0998. The fourth-order valence-corrected chi connectivity index (χ4v) is 2.96. The Morgan fingerprint density at radius 3 is 2.68 bits per heavy atom. The molecule has 1 saturated heterocycles. The van der Waals surface area contributed by atoms with Gasteiger partial charge in [0, 0.05) is 18.8 Å². The van der Waals surface area contributed by atoms with Gasteiger partial charge < -0.3 is 14.9 Å². The first-order chi connectivity index (χ1) is 9.00. The van der Waals surface area contributed by atoms with Crippen LogP contribution < -0.4 is 0 Å². The lowest BCUT2D eigenvalue weighted by atomic mass is 10.1. The second-order valence-corrected chi connectivity index (χ2v) is 5.84. The third-order valence-electron chi connectivity index (χ3n) is 2.95. The van der Waals surface area contributed by atoms with Gasteiger partial charge in [0.15, 0.2) is 0 Å². The van der Waals surface area contributed by atoms with Gasteiger partial charge in [-0.1, -0.05) is 23.9 Å². The maximum Gasteiger partial charge on any atom is 0.337 e. The van der Waals surface area contributed by atoms with Gasteiger partial charge in [0.2, 0.25) is 5.12 Å². The predicted octanol–water partition coefficient (Wildman–Crippen LogP) is 0.660. The highest BCUT2D eigenvalue weighted by Gasteiger charge is 2.31. The highest BCUT2D eigenvalue weighted by Crippen LogP contribution is 2.26. The first-order valence-electron chi connectivity index (χ1n) is 5.98. The smallest absolute Gasteiger partial charge is 0.337 e. The minimum Gasteiger partial charge on any atom is -0.465 e. The van der Waals surface area contributed by atoms with Gasteiger partial charge in [-0.05, 0) is 17.7 Å². The molecular weight excluding hydrogens is 266 g/mol. The molecule has 1 aromatic carbocycles. The summed E-state index contributed by atoms with van der Waals surface area (Å²) in [5.74, 6) is 0.332. The summed E-state index contributed by atoms with van der Waals surface area (Å²) in [7, 11) is 1.35. The van der Waals surface area contributed by atoms with Crippen molar-refractivity contribution in [1.29, 1.82) is 0 Å². The summed E-state index contributed by atoms with van der Waals surface area (Å²) in [6.07, 6.45) is 0. The van der Waals surface area contributed by atoms with Gasteiger partial charge in [0.25, 0.3) is 0 Å². The van der Waals surface area contributed by atoms with Crippen LogP contribution in [0.3, 0.4) is 0 Å². The molecule has 1 aliphatic heterocycles. The number of thioether (sulfide) groups is 1. The number of aliphatic hydroxyl groups is 2. The molecule has 0 unspecified atom stereocenters. The van der Waals surface area contributed by atoms with E-state index in [0.29, 0.717) is 17.9 Å². The molecule has 1 aliphatic rings. The van der Waals surface area contributed by atoms with Crippen LogP contribution in [-0.2, 0) is 11.3 Å². The van der Waals surface area contributed by atoms with Crippen LogP contribution in [0.4, 0.5) is 0 Å². The van der Waals surface area contributed by atoms with Crippen molar-refractivity contribution in [2.75, 3.05) is 26.0 Å². The van der Waals surface area contributed by atoms with Gasteiger partial charge in [0.05, 0.1) is 19.2 Å². The fourth-order valence-electron chi connectivity index (χ4n) is 2.01. The Balaban J connectivity index is 1.98. The van der Waals surface area contributed by atoms with Crippen LogP contribution in [0.15, 0.2) is 24.3 Å². The van der Waals surface area contributed by atoms with Crippen molar-refractivity contribution in [3.63, 3.8) is 0 Å². The van der Waals surface area contributed by atoms with Crippen LogP contribution >= 0.6 is 11.8 Å². The maximum atomic E-state index is 11.3. The van der Waals surface area contributed by atoms with E-state index in [0.717, 1.165) is 23.9 Å². The molecule has 1 heterocycles. The van der Waals surface area contributed by atoms with E-state index in [4.69, 9.17) is 0 Å². The summed E-state index contributed by atoms with van der Waals surface area (Å²) < 4.78 is 4.64. The molecule has 5 nitrogen and oxygen atoms in total. The molecular formula is C13H17NO4S. The summed E-state index contributed by atoms with van der Waals surface area (Å²) >= 11 is 1.15. The van der Waals surface area contributed by atoms with Crippen molar-refractivity contribution in [3.05, 3.63) is 35.4 Å². The van der Waals surface area contributed by atoms with Gasteiger partial charge in [0.1, 0.15) is 0 Å². The molecule has 6 heteroatoms. The second kappa shape index (κ2) is 5.92. The van der Waals surface area contributed by atoms with Crippen molar-refractivity contribution in [1.82, 2.24) is 4.90 Å². The molecule has 0 amide bonds. The molecule has 0 saturated carbocycles. The summed E-state index contributed by atoms with van der Waals surface area (Å²) in [5, 5.41) is 17.5. The Morgan fingerprint density at radius 1 is 1.42 bits per heavy atom. The topological polar surface area (TPSA) is 70.0 Å². The van der Waals surface area contributed by atoms with Crippen molar-refractivity contribution >= 4 is 17.7 Å². The first kappa shape index (κ1) is 14.3. The summed E-state index contributed by atoms with van der Waals surface area (Å²) in [6, 6.07) is 7.13. The van der Waals surface area contributed by atoms with Gasteiger partial charge >= 0.3 is 5.97 Å². The van der Waals surface area contributed by atoms with Crippen LogP contribution in [0.5, 0.6) is 0 Å². The van der Waals surface area contributed by atoms with Gasteiger partial charge in [-0.15, -0.1) is 0 Å². The normalized spacial score (nSPS) is 19.1. The highest BCUT2D eigenvalue weighted by atomic mass is 32.2. The van der Waals surface area contributed by atoms with Crippen molar-refractivity contribution < 1.29 is 19.7 Å². The zero-order valence-corrected chi connectivity index (χ0v) is 11.5. The average molecular weight is 283 g/mol. The van der Waals surface area contributed by atoms with Crippen molar-refractivity contribution in [2.24, 2.45) is 0 Å². The molecule has 2 rings (SSSR count). The van der Waals surface area contributed by atoms with Gasteiger partial charge in [-0.25, -0.2) is 4.79 Å². The van der Waals surface area contributed by atoms with E-state index in [-0.39, 0.29) is 12.5 Å². The zero-order chi connectivity index (χ0) is 13.9. The summed E-state index contributed by atoms with van der Waals surface area (Å²) in [5.41, 5.74) is 1.54.